The minimum Gasteiger partial charge on any atom is -0.351 e. The van der Waals surface area contributed by atoms with Crippen molar-refractivity contribution in [3.05, 3.63) is 66.4 Å². The SMILES string of the molecule is C=C=C(CC1CCN(C(C)=O)CC1)Nc1ccc(-c2cccc(F)c2)nc1. The van der Waals surface area contributed by atoms with Gasteiger partial charge in [-0.15, -0.1) is 5.73 Å². The Morgan fingerprint density at radius 1 is 1.33 bits per heavy atom. The van der Waals surface area contributed by atoms with Crippen LogP contribution >= 0.6 is 0 Å². The lowest BCUT2D eigenvalue weighted by molar-refractivity contribution is -0.130. The Kier molecular flexibility index (Phi) is 6.05. The molecule has 0 saturated carbocycles. The number of nitrogens with zero attached hydrogens (tertiary/aromatic N) is 2. The van der Waals surface area contributed by atoms with E-state index in [4.69, 9.17) is 0 Å². The Balaban J connectivity index is 1.59. The van der Waals surface area contributed by atoms with E-state index in [2.05, 4.69) is 22.6 Å². The van der Waals surface area contributed by atoms with Crippen molar-refractivity contribution in [1.82, 2.24) is 9.88 Å². The summed E-state index contributed by atoms with van der Waals surface area (Å²) in [6.07, 6.45) is 4.56. The highest BCUT2D eigenvalue weighted by molar-refractivity contribution is 5.73. The second-order valence-corrected chi connectivity index (χ2v) is 6.88. The summed E-state index contributed by atoms with van der Waals surface area (Å²) in [7, 11) is 0. The number of carbonyl (C=O) groups is 1. The summed E-state index contributed by atoms with van der Waals surface area (Å²) in [6, 6.07) is 10.2. The molecule has 1 amide bonds. The van der Waals surface area contributed by atoms with Crippen molar-refractivity contribution in [3.8, 4) is 11.3 Å². The molecule has 0 aliphatic carbocycles. The van der Waals surface area contributed by atoms with Gasteiger partial charge in [0.2, 0.25) is 5.91 Å². The Hall–Kier alpha value is -2.91. The predicted octanol–water partition coefficient (Wildman–Crippen LogP) is 4.62. The number of rotatable bonds is 5. The molecule has 4 nitrogen and oxygen atoms in total. The third-order valence-electron chi connectivity index (χ3n) is 4.95. The third-order valence-corrected chi connectivity index (χ3v) is 4.95. The zero-order chi connectivity index (χ0) is 19.2. The maximum atomic E-state index is 13.4. The summed E-state index contributed by atoms with van der Waals surface area (Å²) in [4.78, 5) is 17.7. The Morgan fingerprint density at radius 3 is 2.70 bits per heavy atom. The monoisotopic (exact) mass is 365 g/mol. The molecular weight excluding hydrogens is 341 g/mol. The molecule has 0 atom stereocenters. The van der Waals surface area contributed by atoms with Crippen molar-refractivity contribution in [2.75, 3.05) is 18.4 Å². The first-order valence-electron chi connectivity index (χ1n) is 9.18. The van der Waals surface area contributed by atoms with Gasteiger partial charge in [-0.2, -0.15) is 0 Å². The molecular formula is C22H24FN3O. The molecule has 2 aromatic rings. The number of piperidine rings is 1. The minimum absolute atomic E-state index is 0.149. The fourth-order valence-corrected chi connectivity index (χ4v) is 3.37. The van der Waals surface area contributed by atoms with Crippen molar-refractivity contribution in [3.63, 3.8) is 0 Å². The van der Waals surface area contributed by atoms with Crippen LogP contribution in [-0.2, 0) is 4.79 Å². The lowest BCUT2D eigenvalue weighted by Gasteiger charge is -2.31. The molecule has 1 aromatic carbocycles. The summed E-state index contributed by atoms with van der Waals surface area (Å²) >= 11 is 0. The maximum Gasteiger partial charge on any atom is 0.219 e. The normalized spacial score (nSPS) is 14.5. The van der Waals surface area contributed by atoms with Crippen molar-refractivity contribution < 1.29 is 9.18 Å². The summed E-state index contributed by atoms with van der Waals surface area (Å²) in [5, 5.41) is 3.33. The van der Waals surface area contributed by atoms with Crippen LogP contribution in [0.5, 0.6) is 0 Å². The Labute approximate surface area is 159 Å². The average molecular weight is 365 g/mol. The molecule has 1 aromatic heterocycles. The van der Waals surface area contributed by atoms with Crippen LogP contribution in [0.2, 0.25) is 0 Å². The average Bonchev–Trinajstić information content (AvgIpc) is 2.68. The molecule has 0 radical (unpaired) electrons. The number of halogens is 1. The highest BCUT2D eigenvalue weighted by Gasteiger charge is 2.21. The van der Waals surface area contributed by atoms with E-state index >= 15 is 0 Å². The van der Waals surface area contributed by atoms with Crippen molar-refractivity contribution in [1.29, 1.82) is 0 Å². The van der Waals surface area contributed by atoms with Crippen LogP contribution in [-0.4, -0.2) is 28.9 Å². The van der Waals surface area contributed by atoms with Gasteiger partial charge >= 0.3 is 0 Å². The summed E-state index contributed by atoms with van der Waals surface area (Å²) in [5.41, 5.74) is 6.23. The summed E-state index contributed by atoms with van der Waals surface area (Å²) in [5.74, 6) is 0.386. The molecule has 1 aliphatic rings. The standard InChI is InChI=1S/C22H24FN3O/c1-3-20(13-17-9-11-26(12-10-17)16(2)27)25-21-7-8-22(24-15-21)18-5-4-6-19(23)14-18/h4-8,14-15,17,25H,1,9-13H2,2H3. The molecule has 140 valence electrons. The number of aromatic nitrogens is 1. The van der Waals surface area contributed by atoms with Crippen molar-refractivity contribution in [2.24, 2.45) is 5.92 Å². The highest BCUT2D eigenvalue weighted by Crippen LogP contribution is 2.25. The van der Waals surface area contributed by atoms with E-state index in [1.54, 1.807) is 19.2 Å². The minimum atomic E-state index is -0.274. The molecule has 0 spiro atoms. The van der Waals surface area contributed by atoms with Gasteiger partial charge in [-0.05, 0) is 49.4 Å². The molecule has 0 bridgehead atoms. The second-order valence-electron chi connectivity index (χ2n) is 6.88. The Bertz CT molecular complexity index is 848. The number of anilines is 1. The van der Waals surface area contributed by atoms with Crippen LogP contribution in [0, 0.1) is 11.7 Å². The van der Waals surface area contributed by atoms with Crippen LogP contribution in [0.4, 0.5) is 10.1 Å². The first-order valence-corrected chi connectivity index (χ1v) is 9.18. The molecule has 1 aliphatic heterocycles. The molecule has 1 N–H and O–H groups in total. The number of carbonyl (C=O) groups excluding carboxylic acids is 1. The van der Waals surface area contributed by atoms with Crippen LogP contribution in [0.1, 0.15) is 26.2 Å². The number of benzene rings is 1. The molecule has 27 heavy (non-hydrogen) atoms. The van der Waals surface area contributed by atoms with Gasteiger partial charge in [0.25, 0.3) is 0 Å². The van der Waals surface area contributed by atoms with Gasteiger partial charge < -0.3 is 10.2 Å². The van der Waals surface area contributed by atoms with Gasteiger partial charge in [0.15, 0.2) is 0 Å². The van der Waals surface area contributed by atoms with E-state index in [-0.39, 0.29) is 11.7 Å². The maximum absolute atomic E-state index is 13.4. The molecule has 5 heteroatoms. The van der Waals surface area contributed by atoms with Gasteiger partial charge in [-0.3, -0.25) is 9.78 Å². The lowest BCUT2D eigenvalue weighted by atomic mass is 9.92. The smallest absolute Gasteiger partial charge is 0.219 e. The number of likely N-dealkylation sites (tertiary alicyclic amines) is 1. The number of hydrogen-bond acceptors (Lipinski definition) is 3. The zero-order valence-corrected chi connectivity index (χ0v) is 15.5. The van der Waals surface area contributed by atoms with Crippen LogP contribution in [0.15, 0.2) is 60.6 Å². The quantitative estimate of drug-likeness (QED) is 0.787. The summed E-state index contributed by atoms with van der Waals surface area (Å²) in [6.45, 7) is 7.04. The van der Waals surface area contributed by atoms with Gasteiger partial charge in [0, 0.05) is 25.6 Å². The number of allylic oxidation sites excluding steroid dienone is 1. The summed E-state index contributed by atoms with van der Waals surface area (Å²) < 4.78 is 13.4. The van der Waals surface area contributed by atoms with Gasteiger partial charge in [0.1, 0.15) is 5.82 Å². The Morgan fingerprint density at radius 2 is 2.11 bits per heavy atom. The molecule has 0 unspecified atom stereocenters. The third kappa shape index (κ3) is 5.05. The van der Waals surface area contributed by atoms with Crippen molar-refractivity contribution in [2.45, 2.75) is 26.2 Å². The van der Waals surface area contributed by atoms with E-state index in [0.717, 1.165) is 55.0 Å². The number of pyridine rings is 1. The van der Waals surface area contributed by atoms with Crippen LogP contribution in [0.3, 0.4) is 0 Å². The van der Waals surface area contributed by atoms with Gasteiger partial charge in [-0.1, -0.05) is 18.7 Å². The first kappa shape index (κ1) is 18.9. The van der Waals surface area contributed by atoms with E-state index in [1.165, 1.54) is 12.1 Å². The van der Waals surface area contributed by atoms with E-state index < -0.39 is 0 Å². The fourth-order valence-electron chi connectivity index (χ4n) is 3.37. The van der Waals surface area contributed by atoms with Crippen LogP contribution < -0.4 is 5.32 Å². The lowest BCUT2D eigenvalue weighted by Crippen LogP contribution is -2.37. The predicted molar refractivity (Wildman–Crippen MR) is 106 cm³/mol. The topological polar surface area (TPSA) is 45.2 Å². The number of hydrogen-bond donors (Lipinski definition) is 1. The van der Waals surface area contributed by atoms with E-state index in [9.17, 15) is 9.18 Å². The molecule has 1 saturated heterocycles. The number of nitrogens with one attached hydrogen (secondary N) is 1. The van der Waals surface area contributed by atoms with Gasteiger partial charge in [-0.25, -0.2) is 4.39 Å². The van der Waals surface area contributed by atoms with Crippen LogP contribution in [0.25, 0.3) is 11.3 Å². The second kappa shape index (κ2) is 8.65. The molecule has 2 heterocycles. The largest absolute Gasteiger partial charge is 0.351 e. The molecule has 1 fully saturated rings. The first-order chi connectivity index (χ1) is 13.0. The zero-order valence-electron chi connectivity index (χ0n) is 15.5. The van der Waals surface area contributed by atoms with Crippen molar-refractivity contribution >= 4 is 11.6 Å². The number of amides is 1. The fraction of sp³-hybridized carbons (Fsp3) is 0.318. The molecule has 3 rings (SSSR count). The van der Waals surface area contributed by atoms with E-state index in [0.29, 0.717) is 5.92 Å². The van der Waals surface area contributed by atoms with E-state index in [1.807, 2.05) is 23.1 Å². The van der Waals surface area contributed by atoms with Gasteiger partial charge in [0.05, 0.1) is 23.3 Å². The highest BCUT2D eigenvalue weighted by atomic mass is 19.1.